The van der Waals surface area contributed by atoms with Gasteiger partial charge in [0.25, 0.3) is 0 Å². The van der Waals surface area contributed by atoms with E-state index >= 15 is 0 Å². The molecule has 0 saturated carbocycles. The number of nitrogens with two attached hydrogens (primary N) is 1. The third-order valence-corrected chi connectivity index (χ3v) is 2.39. The largest absolute Gasteiger partial charge is 0.488 e. The highest BCUT2D eigenvalue weighted by Gasteiger charge is 2.11. The molecule has 0 aliphatic heterocycles. The van der Waals surface area contributed by atoms with Crippen molar-refractivity contribution in [2.45, 2.75) is 32.9 Å². The van der Waals surface area contributed by atoms with Gasteiger partial charge in [0.1, 0.15) is 11.9 Å². The van der Waals surface area contributed by atoms with Gasteiger partial charge in [-0.15, -0.1) is 0 Å². The van der Waals surface area contributed by atoms with Crippen LogP contribution >= 0.6 is 0 Å². The summed E-state index contributed by atoms with van der Waals surface area (Å²) in [6.45, 7) is 6.56. The van der Waals surface area contributed by atoms with Crippen LogP contribution in [0.2, 0.25) is 0 Å². The fourth-order valence-corrected chi connectivity index (χ4v) is 1.61. The summed E-state index contributed by atoms with van der Waals surface area (Å²) in [5.41, 5.74) is 8.11. The van der Waals surface area contributed by atoms with E-state index in [1.54, 1.807) is 7.11 Å². The fraction of sp³-hybridized carbons (Fsp3) is 0.538. The molecule has 0 amide bonds. The second-order valence-corrected chi connectivity index (χ2v) is 4.21. The quantitative estimate of drug-likeness (QED) is 0.833. The molecule has 0 heterocycles. The van der Waals surface area contributed by atoms with Crippen LogP contribution in [0.3, 0.4) is 0 Å². The molecule has 2 N–H and O–H groups in total. The Balaban J connectivity index is 2.87. The van der Waals surface area contributed by atoms with Crippen molar-refractivity contribution in [2.24, 2.45) is 5.73 Å². The number of hydrogen-bond donors (Lipinski definition) is 1. The highest BCUT2D eigenvalue weighted by Crippen LogP contribution is 2.26. The van der Waals surface area contributed by atoms with E-state index in [1.165, 1.54) is 5.56 Å². The Bertz CT molecular complexity index is 337. The lowest BCUT2D eigenvalue weighted by molar-refractivity contribution is 0.0912. The summed E-state index contributed by atoms with van der Waals surface area (Å²) in [5, 5.41) is 0. The first-order chi connectivity index (χ1) is 7.54. The Kier molecular flexibility index (Phi) is 4.77. The van der Waals surface area contributed by atoms with Crippen LogP contribution < -0.4 is 10.5 Å². The van der Waals surface area contributed by atoms with Crippen LogP contribution in [0, 0.1) is 6.92 Å². The first kappa shape index (κ1) is 13.0. The lowest BCUT2D eigenvalue weighted by Gasteiger charge is -2.19. The molecule has 0 bridgehead atoms. The van der Waals surface area contributed by atoms with Gasteiger partial charge >= 0.3 is 0 Å². The van der Waals surface area contributed by atoms with E-state index in [9.17, 15) is 0 Å². The van der Waals surface area contributed by atoms with Gasteiger partial charge < -0.3 is 15.2 Å². The monoisotopic (exact) mass is 223 g/mol. The molecule has 0 aromatic heterocycles. The van der Waals surface area contributed by atoms with Gasteiger partial charge in [0.05, 0.1) is 6.61 Å². The maximum absolute atomic E-state index is 5.90. The van der Waals surface area contributed by atoms with Crippen LogP contribution in [-0.2, 0) is 4.74 Å². The van der Waals surface area contributed by atoms with Crippen molar-refractivity contribution in [1.82, 2.24) is 0 Å². The molecule has 1 rings (SSSR count). The van der Waals surface area contributed by atoms with Gasteiger partial charge in [0.2, 0.25) is 0 Å². The minimum absolute atomic E-state index is 0.0228. The third-order valence-electron chi connectivity index (χ3n) is 2.39. The van der Waals surface area contributed by atoms with E-state index in [4.69, 9.17) is 15.2 Å². The minimum atomic E-state index is -0.0228. The van der Waals surface area contributed by atoms with Crippen molar-refractivity contribution >= 4 is 0 Å². The zero-order valence-corrected chi connectivity index (χ0v) is 10.5. The molecule has 0 fully saturated rings. The normalized spacial score (nSPS) is 14.6. The molecule has 2 unspecified atom stereocenters. The van der Waals surface area contributed by atoms with Crippen LogP contribution in [-0.4, -0.2) is 19.8 Å². The molecule has 2 atom stereocenters. The molecule has 90 valence electrons. The molecule has 3 heteroatoms. The Hall–Kier alpha value is -1.06. The van der Waals surface area contributed by atoms with Crippen LogP contribution in [0.1, 0.15) is 31.0 Å². The minimum Gasteiger partial charge on any atom is -0.488 e. The second-order valence-electron chi connectivity index (χ2n) is 4.21. The van der Waals surface area contributed by atoms with E-state index in [2.05, 4.69) is 0 Å². The van der Waals surface area contributed by atoms with Crippen LogP contribution in [0.5, 0.6) is 5.75 Å². The number of methoxy groups -OCH3 is 1. The average molecular weight is 223 g/mol. The molecular formula is C13H21NO2. The SMILES string of the molecule is COCC(C)Oc1cc(C)ccc1C(C)N. The Morgan fingerprint density at radius 2 is 2.00 bits per heavy atom. The molecular weight excluding hydrogens is 202 g/mol. The van der Waals surface area contributed by atoms with Crippen molar-refractivity contribution in [2.75, 3.05) is 13.7 Å². The highest BCUT2D eigenvalue weighted by molar-refractivity contribution is 5.39. The van der Waals surface area contributed by atoms with Crippen molar-refractivity contribution < 1.29 is 9.47 Å². The summed E-state index contributed by atoms with van der Waals surface area (Å²) >= 11 is 0. The van der Waals surface area contributed by atoms with E-state index in [1.807, 2.05) is 39.0 Å². The highest BCUT2D eigenvalue weighted by atomic mass is 16.5. The number of aryl methyl sites for hydroxylation is 1. The predicted octanol–water partition coefficient (Wildman–Crippen LogP) is 2.43. The molecule has 0 aliphatic rings. The lowest BCUT2D eigenvalue weighted by Crippen LogP contribution is -2.19. The summed E-state index contributed by atoms with van der Waals surface area (Å²) < 4.78 is 10.9. The van der Waals surface area contributed by atoms with Crippen molar-refractivity contribution in [3.8, 4) is 5.75 Å². The molecule has 16 heavy (non-hydrogen) atoms. The first-order valence-electron chi connectivity index (χ1n) is 5.56. The van der Waals surface area contributed by atoms with E-state index in [0.717, 1.165) is 11.3 Å². The van der Waals surface area contributed by atoms with Gasteiger partial charge in [-0.1, -0.05) is 12.1 Å². The van der Waals surface area contributed by atoms with Gasteiger partial charge in [-0.2, -0.15) is 0 Å². The smallest absolute Gasteiger partial charge is 0.124 e. The molecule has 0 saturated heterocycles. The first-order valence-corrected chi connectivity index (χ1v) is 5.56. The zero-order chi connectivity index (χ0) is 12.1. The van der Waals surface area contributed by atoms with Gasteiger partial charge in [0.15, 0.2) is 0 Å². The molecule has 0 spiro atoms. The van der Waals surface area contributed by atoms with Crippen molar-refractivity contribution in [1.29, 1.82) is 0 Å². The number of benzene rings is 1. The van der Waals surface area contributed by atoms with E-state index in [0.29, 0.717) is 6.61 Å². The summed E-state index contributed by atoms with van der Waals surface area (Å²) in [6.07, 6.45) is 0.0318. The second kappa shape index (κ2) is 5.87. The average Bonchev–Trinajstić information content (AvgIpc) is 2.17. The fourth-order valence-electron chi connectivity index (χ4n) is 1.61. The predicted molar refractivity (Wildman–Crippen MR) is 65.7 cm³/mol. The maximum atomic E-state index is 5.90. The Morgan fingerprint density at radius 1 is 1.31 bits per heavy atom. The van der Waals surface area contributed by atoms with Crippen molar-refractivity contribution in [3.05, 3.63) is 29.3 Å². The molecule has 3 nitrogen and oxygen atoms in total. The standard InChI is InChI=1S/C13H21NO2/c1-9-5-6-12(11(3)14)13(7-9)16-10(2)8-15-4/h5-7,10-11H,8,14H2,1-4H3. The van der Waals surface area contributed by atoms with Gasteiger partial charge in [-0.3, -0.25) is 0 Å². The summed E-state index contributed by atoms with van der Waals surface area (Å²) in [6, 6.07) is 6.07. The lowest BCUT2D eigenvalue weighted by atomic mass is 10.1. The topological polar surface area (TPSA) is 44.5 Å². The number of rotatable bonds is 5. The molecule has 1 aromatic carbocycles. The summed E-state index contributed by atoms with van der Waals surface area (Å²) in [5.74, 6) is 0.861. The summed E-state index contributed by atoms with van der Waals surface area (Å²) in [7, 11) is 1.67. The number of ether oxygens (including phenoxy) is 2. The van der Waals surface area contributed by atoms with Gasteiger partial charge in [-0.25, -0.2) is 0 Å². The molecule has 0 aliphatic carbocycles. The zero-order valence-electron chi connectivity index (χ0n) is 10.5. The van der Waals surface area contributed by atoms with Crippen LogP contribution in [0.4, 0.5) is 0 Å². The van der Waals surface area contributed by atoms with Crippen molar-refractivity contribution in [3.63, 3.8) is 0 Å². The van der Waals surface area contributed by atoms with Crippen LogP contribution in [0.15, 0.2) is 18.2 Å². The van der Waals surface area contributed by atoms with Gasteiger partial charge in [0, 0.05) is 18.7 Å². The molecule has 0 radical (unpaired) electrons. The van der Waals surface area contributed by atoms with E-state index in [-0.39, 0.29) is 12.1 Å². The number of hydrogen-bond acceptors (Lipinski definition) is 3. The van der Waals surface area contributed by atoms with Crippen LogP contribution in [0.25, 0.3) is 0 Å². The Labute approximate surface area is 97.6 Å². The molecule has 1 aromatic rings. The van der Waals surface area contributed by atoms with E-state index < -0.39 is 0 Å². The summed E-state index contributed by atoms with van der Waals surface area (Å²) in [4.78, 5) is 0. The van der Waals surface area contributed by atoms with Gasteiger partial charge in [-0.05, 0) is 32.4 Å². The Morgan fingerprint density at radius 3 is 2.56 bits per heavy atom. The third kappa shape index (κ3) is 3.51. The maximum Gasteiger partial charge on any atom is 0.124 e.